The van der Waals surface area contributed by atoms with Crippen molar-refractivity contribution in [3.05, 3.63) is 32.9 Å². The van der Waals surface area contributed by atoms with Crippen molar-refractivity contribution in [2.24, 2.45) is 0 Å². The second-order valence-corrected chi connectivity index (χ2v) is 5.59. The Morgan fingerprint density at radius 1 is 1.56 bits per heavy atom. The summed E-state index contributed by atoms with van der Waals surface area (Å²) in [5, 5.41) is 8.88. The molecule has 0 unspecified atom stereocenters. The molecule has 84 valence electrons. The van der Waals surface area contributed by atoms with Gasteiger partial charge in [0, 0.05) is 11.4 Å². The lowest BCUT2D eigenvalue weighted by molar-refractivity contribution is 0.0944. The maximum absolute atomic E-state index is 11.5. The molecule has 0 atom stereocenters. The third-order valence-corrected chi connectivity index (χ3v) is 3.60. The summed E-state index contributed by atoms with van der Waals surface area (Å²) in [6.45, 7) is 0.590. The average molecular weight is 301 g/mol. The molecule has 2 aromatic rings. The molecule has 7 heteroatoms. The highest BCUT2D eigenvalue weighted by Crippen LogP contribution is 2.21. The van der Waals surface area contributed by atoms with Crippen molar-refractivity contribution in [3.63, 3.8) is 0 Å². The van der Waals surface area contributed by atoms with Gasteiger partial charge in [-0.15, -0.1) is 11.3 Å². The fraction of sp³-hybridized carbons (Fsp3) is 0.222. The lowest BCUT2D eigenvalue weighted by atomic mass is 10.3. The topological polar surface area (TPSA) is 70.7 Å². The number of rotatable bonds is 4. The van der Waals surface area contributed by atoms with Crippen LogP contribution in [-0.4, -0.2) is 27.6 Å². The number of nitrogens with one attached hydrogen (secondary N) is 2. The van der Waals surface area contributed by atoms with Crippen LogP contribution >= 0.6 is 27.3 Å². The summed E-state index contributed by atoms with van der Waals surface area (Å²) in [4.78, 5) is 16.4. The zero-order valence-electron chi connectivity index (χ0n) is 8.24. The number of thiophene rings is 1. The van der Waals surface area contributed by atoms with Gasteiger partial charge >= 0.3 is 0 Å². The maximum atomic E-state index is 11.5. The van der Waals surface area contributed by atoms with Gasteiger partial charge in [0.1, 0.15) is 6.33 Å². The molecule has 16 heavy (non-hydrogen) atoms. The van der Waals surface area contributed by atoms with Gasteiger partial charge in [-0.3, -0.25) is 9.89 Å². The molecule has 0 aliphatic carbocycles. The summed E-state index contributed by atoms with van der Waals surface area (Å²) >= 11 is 5.06. The van der Waals surface area contributed by atoms with Crippen LogP contribution in [0.4, 0.5) is 0 Å². The van der Waals surface area contributed by atoms with Gasteiger partial charge in [-0.2, -0.15) is 5.10 Å². The molecule has 0 radical (unpaired) electrons. The van der Waals surface area contributed by atoms with Crippen molar-refractivity contribution in [1.29, 1.82) is 0 Å². The summed E-state index contributed by atoms with van der Waals surface area (Å²) in [5.74, 6) is 0.0143. The van der Waals surface area contributed by atoms with E-state index < -0.39 is 0 Å². The van der Waals surface area contributed by atoms with E-state index in [2.05, 4.69) is 36.4 Å². The molecule has 2 N–H and O–H groups in total. The number of H-pyrrole nitrogens is 1. The first-order valence-electron chi connectivity index (χ1n) is 4.63. The van der Waals surface area contributed by atoms with Crippen LogP contribution in [0.1, 0.15) is 15.5 Å². The molecule has 0 aliphatic rings. The molecule has 0 aromatic carbocycles. The largest absolute Gasteiger partial charge is 0.349 e. The predicted molar refractivity (Wildman–Crippen MR) is 64.4 cm³/mol. The first-order chi connectivity index (χ1) is 7.75. The molecular formula is C9H9BrN4OS. The van der Waals surface area contributed by atoms with Gasteiger partial charge in [-0.1, -0.05) is 0 Å². The third-order valence-electron chi connectivity index (χ3n) is 1.92. The number of hydrogen-bond acceptors (Lipinski definition) is 4. The van der Waals surface area contributed by atoms with Crippen molar-refractivity contribution in [3.8, 4) is 0 Å². The monoisotopic (exact) mass is 300 g/mol. The molecule has 0 aliphatic heterocycles. The van der Waals surface area contributed by atoms with Gasteiger partial charge in [0.05, 0.1) is 3.79 Å². The third kappa shape index (κ3) is 2.89. The highest BCUT2D eigenvalue weighted by molar-refractivity contribution is 9.11. The van der Waals surface area contributed by atoms with Crippen LogP contribution in [0.2, 0.25) is 0 Å². The number of aromatic nitrogens is 3. The number of amides is 1. The zero-order chi connectivity index (χ0) is 11.4. The van der Waals surface area contributed by atoms with Crippen molar-refractivity contribution in [2.75, 3.05) is 6.54 Å². The van der Waals surface area contributed by atoms with Crippen LogP contribution < -0.4 is 5.32 Å². The van der Waals surface area contributed by atoms with E-state index in [1.807, 2.05) is 12.1 Å². The van der Waals surface area contributed by atoms with Gasteiger partial charge in [0.2, 0.25) is 5.82 Å². The molecule has 2 aromatic heterocycles. The molecule has 0 bridgehead atoms. The number of aromatic amines is 1. The van der Waals surface area contributed by atoms with E-state index in [1.165, 1.54) is 11.2 Å². The Hall–Kier alpha value is -1.21. The van der Waals surface area contributed by atoms with Crippen LogP contribution in [-0.2, 0) is 6.42 Å². The predicted octanol–water partition coefficient (Wildman–Crippen LogP) is 1.60. The van der Waals surface area contributed by atoms with Gasteiger partial charge in [-0.05, 0) is 34.5 Å². The van der Waals surface area contributed by atoms with E-state index in [1.54, 1.807) is 11.3 Å². The average Bonchev–Trinajstić information content (AvgIpc) is 2.89. The lowest BCUT2D eigenvalue weighted by Crippen LogP contribution is -2.26. The van der Waals surface area contributed by atoms with Gasteiger partial charge < -0.3 is 5.32 Å². The molecule has 0 saturated heterocycles. The highest BCUT2D eigenvalue weighted by atomic mass is 79.9. The summed E-state index contributed by atoms with van der Waals surface area (Å²) in [7, 11) is 0. The number of nitrogens with zero attached hydrogens (tertiary/aromatic N) is 2. The Morgan fingerprint density at radius 3 is 3.06 bits per heavy atom. The van der Waals surface area contributed by atoms with Gasteiger partial charge in [0.25, 0.3) is 5.91 Å². The van der Waals surface area contributed by atoms with Crippen LogP contribution in [0.25, 0.3) is 0 Å². The van der Waals surface area contributed by atoms with Crippen molar-refractivity contribution in [2.45, 2.75) is 6.42 Å². The molecule has 5 nitrogen and oxygen atoms in total. The molecular weight excluding hydrogens is 292 g/mol. The van der Waals surface area contributed by atoms with Crippen LogP contribution in [0.15, 0.2) is 22.2 Å². The molecule has 0 saturated carbocycles. The molecule has 2 heterocycles. The minimum Gasteiger partial charge on any atom is -0.349 e. The van der Waals surface area contributed by atoms with Gasteiger partial charge in [0.15, 0.2) is 0 Å². The molecule has 0 spiro atoms. The Morgan fingerprint density at radius 2 is 2.44 bits per heavy atom. The standard InChI is InChI=1S/C9H9BrN4OS/c10-7-2-1-6(16-7)3-4-11-9(15)8-12-5-13-14-8/h1-2,5H,3-4H2,(H,11,15)(H,12,13,14). The van der Waals surface area contributed by atoms with E-state index in [-0.39, 0.29) is 11.7 Å². The zero-order valence-corrected chi connectivity index (χ0v) is 10.6. The first kappa shape index (κ1) is 11.3. The van der Waals surface area contributed by atoms with E-state index in [0.717, 1.165) is 10.2 Å². The van der Waals surface area contributed by atoms with Crippen LogP contribution in [0, 0.1) is 0 Å². The lowest BCUT2D eigenvalue weighted by Gasteiger charge is -2.00. The van der Waals surface area contributed by atoms with E-state index in [9.17, 15) is 4.79 Å². The molecule has 0 fully saturated rings. The van der Waals surface area contributed by atoms with Crippen LogP contribution in [0.3, 0.4) is 0 Å². The van der Waals surface area contributed by atoms with E-state index in [0.29, 0.717) is 6.54 Å². The molecule has 1 amide bonds. The number of halogens is 1. The number of carbonyl (C=O) groups is 1. The smallest absolute Gasteiger partial charge is 0.288 e. The number of carbonyl (C=O) groups excluding carboxylic acids is 1. The Balaban J connectivity index is 1.78. The SMILES string of the molecule is O=C(NCCc1ccc(Br)s1)c1ncn[nH]1. The maximum Gasteiger partial charge on any atom is 0.288 e. The second kappa shape index (κ2) is 5.22. The summed E-state index contributed by atoms with van der Waals surface area (Å²) < 4.78 is 1.10. The Labute approximate surface area is 104 Å². The first-order valence-corrected chi connectivity index (χ1v) is 6.24. The summed E-state index contributed by atoms with van der Waals surface area (Å²) in [6, 6.07) is 4.04. The van der Waals surface area contributed by atoms with E-state index >= 15 is 0 Å². The van der Waals surface area contributed by atoms with Crippen LogP contribution in [0.5, 0.6) is 0 Å². The van der Waals surface area contributed by atoms with Crippen molar-refractivity contribution in [1.82, 2.24) is 20.5 Å². The fourth-order valence-electron chi connectivity index (χ4n) is 1.18. The fourth-order valence-corrected chi connectivity index (χ4v) is 2.67. The normalized spacial score (nSPS) is 10.3. The molecule has 2 rings (SSSR count). The van der Waals surface area contributed by atoms with E-state index in [4.69, 9.17) is 0 Å². The van der Waals surface area contributed by atoms with Crippen molar-refractivity contribution < 1.29 is 4.79 Å². The van der Waals surface area contributed by atoms with Gasteiger partial charge in [-0.25, -0.2) is 4.98 Å². The minimum atomic E-state index is -0.229. The van der Waals surface area contributed by atoms with Crippen molar-refractivity contribution >= 4 is 33.2 Å². The Kier molecular flexibility index (Phi) is 3.68. The second-order valence-electron chi connectivity index (χ2n) is 3.05. The number of hydrogen-bond donors (Lipinski definition) is 2. The summed E-state index contributed by atoms with van der Waals surface area (Å²) in [5.41, 5.74) is 0. The highest BCUT2D eigenvalue weighted by Gasteiger charge is 2.07. The summed E-state index contributed by atoms with van der Waals surface area (Å²) in [6.07, 6.45) is 2.13. The quantitative estimate of drug-likeness (QED) is 0.901. The minimum absolute atomic E-state index is 0.229. The Bertz CT molecular complexity index is 468.